The molecule has 0 spiro atoms. The van der Waals surface area contributed by atoms with Gasteiger partial charge in [0.05, 0.1) is 11.3 Å². The summed E-state index contributed by atoms with van der Waals surface area (Å²) in [4.78, 5) is 25.3. The van der Waals surface area contributed by atoms with E-state index in [9.17, 15) is 9.59 Å². The Balaban J connectivity index is 2.71. The fourth-order valence-corrected chi connectivity index (χ4v) is 2.57. The van der Waals surface area contributed by atoms with Crippen LogP contribution in [0.5, 0.6) is 0 Å². The fraction of sp³-hybridized carbons (Fsp3) is 0.385. The molecule has 19 heavy (non-hydrogen) atoms. The number of halogens is 1. The second-order valence-corrected chi connectivity index (χ2v) is 6.24. The van der Waals surface area contributed by atoms with Gasteiger partial charge >= 0.3 is 5.97 Å². The van der Waals surface area contributed by atoms with Crippen LogP contribution in [0, 0.1) is 0 Å². The molecular formula is C13H16BrNO3S. The lowest BCUT2D eigenvalue weighted by molar-refractivity contribution is -0.128. The molecule has 0 atom stereocenters. The average Bonchev–Trinajstić information content (AvgIpc) is 2.35. The summed E-state index contributed by atoms with van der Waals surface area (Å²) >= 11 is 4.53. The molecule has 1 aromatic carbocycles. The Morgan fingerprint density at radius 1 is 1.42 bits per heavy atom. The van der Waals surface area contributed by atoms with Gasteiger partial charge in [-0.3, -0.25) is 4.79 Å². The molecule has 0 aliphatic rings. The number of carboxylic acid groups (broad SMARTS) is 1. The fourth-order valence-electron chi connectivity index (χ4n) is 1.29. The average molecular weight is 346 g/mol. The zero-order valence-corrected chi connectivity index (χ0v) is 13.4. The summed E-state index contributed by atoms with van der Waals surface area (Å²) in [7, 11) is 1.76. The maximum absolute atomic E-state index is 11.8. The molecule has 0 unspecified atom stereocenters. The van der Waals surface area contributed by atoms with Gasteiger partial charge in [-0.05, 0) is 48.0 Å². The van der Waals surface area contributed by atoms with E-state index in [1.165, 1.54) is 11.8 Å². The van der Waals surface area contributed by atoms with Crippen molar-refractivity contribution < 1.29 is 14.7 Å². The van der Waals surface area contributed by atoms with Crippen LogP contribution in [0.2, 0.25) is 0 Å². The molecule has 0 aliphatic heterocycles. The van der Waals surface area contributed by atoms with Crippen LogP contribution in [0.25, 0.3) is 0 Å². The van der Waals surface area contributed by atoms with Crippen molar-refractivity contribution in [2.75, 3.05) is 12.8 Å². The smallest absolute Gasteiger partial charge is 0.336 e. The molecule has 104 valence electrons. The standard InChI is InChI=1S/C13H16BrNO3S/c1-8(2)15(3)12(16)7-19-9-4-5-11(14)10(6-9)13(17)18/h4-6,8H,7H2,1-3H3,(H,17,18). The zero-order chi connectivity index (χ0) is 14.6. The van der Waals surface area contributed by atoms with Crippen molar-refractivity contribution in [1.29, 1.82) is 0 Å². The molecule has 6 heteroatoms. The number of carboxylic acids is 1. The molecule has 0 heterocycles. The Kier molecular flexibility index (Phi) is 5.87. The third kappa shape index (κ3) is 4.54. The number of thioether (sulfide) groups is 1. The quantitative estimate of drug-likeness (QED) is 0.833. The summed E-state index contributed by atoms with van der Waals surface area (Å²) in [5.74, 6) is -0.658. The number of carbonyl (C=O) groups is 2. The highest BCUT2D eigenvalue weighted by atomic mass is 79.9. The van der Waals surface area contributed by atoms with Crippen LogP contribution in [0.1, 0.15) is 24.2 Å². The van der Waals surface area contributed by atoms with Gasteiger partial charge in [-0.1, -0.05) is 0 Å². The molecule has 0 saturated carbocycles. The van der Waals surface area contributed by atoms with Gasteiger partial charge < -0.3 is 10.0 Å². The Morgan fingerprint density at radius 3 is 2.58 bits per heavy atom. The molecule has 0 fully saturated rings. The lowest BCUT2D eigenvalue weighted by Crippen LogP contribution is -2.34. The van der Waals surface area contributed by atoms with Crippen molar-refractivity contribution in [1.82, 2.24) is 4.90 Å². The van der Waals surface area contributed by atoms with Gasteiger partial charge in [-0.2, -0.15) is 0 Å². The van der Waals surface area contributed by atoms with Crippen molar-refractivity contribution in [3.05, 3.63) is 28.2 Å². The van der Waals surface area contributed by atoms with Gasteiger partial charge in [0, 0.05) is 22.5 Å². The molecule has 1 aromatic rings. The summed E-state index contributed by atoms with van der Waals surface area (Å²) in [5, 5.41) is 9.01. The molecule has 4 nitrogen and oxygen atoms in total. The van der Waals surface area contributed by atoms with Crippen LogP contribution in [-0.4, -0.2) is 40.7 Å². The summed E-state index contributed by atoms with van der Waals surface area (Å²) in [6.07, 6.45) is 0. The third-order valence-corrected chi connectivity index (χ3v) is 4.37. The topological polar surface area (TPSA) is 57.6 Å². The Morgan fingerprint density at radius 2 is 2.05 bits per heavy atom. The van der Waals surface area contributed by atoms with Gasteiger partial charge in [0.1, 0.15) is 0 Å². The van der Waals surface area contributed by atoms with E-state index in [1.54, 1.807) is 30.1 Å². The van der Waals surface area contributed by atoms with Gasteiger partial charge in [-0.25, -0.2) is 4.79 Å². The van der Waals surface area contributed by atoms with Crippen molar-refractivity contribution >= 4 is 39.6 Å². The Bertz CT molecular complexity index is 491. The number of benzene rings is 1. The summed E-state index contributed by atoms with van der Waals surface area (Å²) in [6.45, 7) is 3.90. The maximum Gasteiger partial charge on any atom is 0.336 e. The third-order valence-electron chi connectivity index (χ3n) is 2.70. The largest absolute Gasteiger partial charge is 0.478 e. The zero-order valence-electron chi connectivity index (χ0n) is 11.0. The minimum atomic E-state index is -0.986. The van der Waals surface area contributed by atoms with Crippen LogP contribution in [0.15, 0.2) is 27.6 Å². The molecular weight excluding hydrogens is 330 g/mol. The second-order valence-electron chi connectivity index (χ2n) is 4.33. The highest BCUT2D eigenvalue weighted by molar-refractivity contribution is 9.10. The van der Waals surface area contributed by atoms with Crippen LogP contribution in [0.4, 0.5) is 0 Å². The van der Waals surface area contributed by atoms with Crippen molar-refractivity contribution in [3.63, 3.8) is 0 Å². The molecule has 1 amide bonds. The van der Waals surface area contributed by atoms with Crippen LogP contribution in [0.3, 0.4) is 0 Å². The number of rotatable bonds is 5. The predicted molar refractivity (Wildman–Crippen MR) is 79.7 cm³/mol. The highest BCUT2D eigenvalue weighted by Gasteiger charge is 2.13. The van der Waals surface area contributed by atoms with Gasteiger partial charge in [0.15, 0.2) is 0 Å². The molecule has 1 rings (SSSR count). The molecule has 0 radical (unpaired) electrons. The lowest BCUT2D eigenvalue weighted by atomic mass is 10.2. The van der Waals surface area contributed by atoms with E-state index in [1.807, 2.05) is 13.8 Å². The van der Waals surface area contributed by atoms with Crippen molar-refractivity contribution in [2.24, 2.45) is 0 Å². The van der Waals surface area contributed by atoms with Gasteiger partial charge in [0.2, 0.25) is 5.91 Å². The highest BCUT2D eigenvalue weighted by Crippen LogP contribution is 2.25. The first-order valence-electron chi connectivity index (χ1n) is 5.74. The lowest BCUT2D eigenvalue weighted by Gasteiger charge is -2.21. The van der Waals surface area contributed by atoms with E-state index >= 15 is 0 Å². The van der Waals surface area contributed by atoms with E-state index < -0.39 is 5.97 Å². The maximum atomic E-state index is 11.8. The summed E-state index contributed by atoms with van der Waals surface area (Å²) < 4.78 is 0.537. The first-order valence-corrected chi connectivity index (χ1v) is 7.52. The summed E-state index contributed by atoms with van der Waals surface area (Å²) in [5.41, 5.74) is 0.203. The van der Waals surface area contributed by atoms with Crippen molar-refractivity contribution in [2.45, 2.75) is 24.8 Å². The molecule has 0 aromatic heterocycles. The number of carbonyl (C=O) groups excluding carboxylic acids is 1. The monoisotopic (exact) mass is 345 g/mol. The first-order chi connectivity index (χ1) is 8.82. The van der Waals surface area contributed by atoms with E-state index in [-0.39, 0.29) is 17.5 Å². The van der Waals surface area contributed by atoms with E-state index in [2.05, 4.69) is 15.9 Å². The number of hydrogen-bond acceptors (Lipinski definition) is 3. The summed E-state index contributed by atoms with van der Waals surface area (Å²) in [6, 6.07) is 5.21. The number of hydrogen-bond donors (Lipinski definition) is 1. The van der Waals surface area contributed by atoms with Gasteiger partial charge in [0.25, 0.3) is 0 Å². The number of amides is 1. The van der Waals surface area contributed by atoms with E-state index in [0.717, 1.165) is 4.90 Å². The Hall–Kier alpha value is -1.01. The number of aromatic carboxylic acids is 1. The first kappa shape index (κ1) is 16.0. The normalized spacial score (nSPS) is 10.6. The molecule has 0 saturated heterocycles. The number of nitrogens with zero attached hydrogens (tertiary/aromatic N) is 1. The van der Waals surface area contributed by atoms with E-state index in [0.29, 0.717) is 10.2 Å². The SMILES string of the molecule is CC(C)N(C)C(=O)CSc1ccc(Br)c(C(=O)O)c1. The Labute approximate surface area is 125 Å². The van der Waals surface area contributed by atoms with E-state index in [4.69, 9.17) is 5.11 Å². The van der Waals surface area contributed by atoms with Crippen LogP contribution >= 0.6 is 27.7 Å². The predicted octanol–water partition coefficient (Wildman–Crippen LogP) is 3.11. The van der Waals surface area contributed by atoms with Crippen LogP contribution < -0.4 is 0 Å². The van der Waals surface area contributed by atoms with Crippen molar-refractivity contribution in [3.8, 4) is 0 Å². The molecule has 1 N–H and O–H groups in total. The van der Waals surface area contributed by atoms with Gasteiger partial charge in [-0.15, -0.1) is 11.8 Å². The molecule has 0 aliphatic carbocycles. The minimum Gasteiger partial charge on any atom is -0.478 e. The second kappa shape index (κ2) is 6.96. The van der Waals surface area contributed by atoms with Crippen LogP contribution in [-0.2, 0) is 4.79 Å². The minimum absolute atomic E-state index is 0.0276. The molecule has 0 bridgehead atoms.